The maximum atomic E-state index is 13.3. The molecule has 3 aromatic rings. The lowest BCUT2D eigenvalue weighted by atomic mass is 10.1. The van der Waals surface area contributed by atoms with E-state index in [-0.39, 0.29) is 27.7 Å². The first-order valence-electron chi connectivity index (χ1n) is 10.4. The van der Waals surface area contributed by atoms with Crippen LogP contribution in [0, 0.1) is 24.0 Å². The summed E-state index contributed by atoms with van der Waals surface area (Å²) >= 11 is 6.03. The zero-order valence-electron chi connectivity index (χ0n) is 19.0. The van der Waals surface area contributed by atoms with Crippen LogP contribution in [-0.4, -0.2) is 36.3 Å². The molecule has 0 atom stereocenters. The first-order chi connectivity index (χ1) is 16.6. The highest BCUT2D eigenvalue weighted by atomic mass is 35.5. The fourth-order valence-corrected chi connectivity index (χ4v) is 4.65. The number of nitro benzene ring substituents is 1. The van der Waals surface area contributed by atoms with E-state index in [1.54, 1.807) is 24.3 Å². The minimum atomic E-state index is -4.00. The van der Waals surface area contributed by atoms with Gasteiger partial charge in [0.2, 0.25) is 10.0 Å². The lowest BCUT2D eigenvalue weighted by Crippen LogP contribution is -2.39. The van der Waals surface area contributed by atoms with Crippen LogP contribution in [0.2, 0.25) is 5.02 Å². The van der Waals surface area contributed by atoms with Crippen molar-refractivity contribution in [1.82, 2.24) is 9.73 Å². The Kier molecular flexibility index (Phi) is 8.34. The average Bonchev–Trinajstić information content (AvgIpc) is 2.81. The number of hydrogen-bond donors (Lipinski definition) is 1. The highest BCUT2D eigenvalue weighted by Crippen LogP contribution is 2.21. The van der Waals surface area contributed by atoms with Crippen molar-refractivity contribution in [2.75, 3.05) is 6.54 Å². The molecule has 0 aliphatic rings. The van der Waals surface area contributed by atoms with Crippen LogP contribution < -0.4 is 5.43 Å². The summed E-state index contributed by atoms with van der Waals surface area (Å²) in [6.45, 7) is 3.25. The van der Waals surface area contributed by atoms with E-state index in [4.69, 9.17) is 11.6 Å². The summed E-state index contributed by atoms with van der Waals surface area (Å²) in [5, 5.41) is 14.9. The maximum Gasteiger partial charge on any atom is 0.270 e. The first kappa shape index (κ1) is 26.0. The lowest BCUT2D eigenvalue weighted by Gasteiger charge is -2.21. The number of non-ortho nitro benzene ring substituents is 1. The van der Waals surface area contributed by atoms with Crippen LogP contribution in [0.3, 0.4) is 0 Å². The van der Waals surface area contributed by atoms with E-state index in [1.165, 1.54) is 30.3 Å². The van der Waals surface area contributed by atoms with Crippen molar-refractivity contribution in [2.24, 2.45) is 5.10 Å². The van der Waals surface area contributed by atoms with Gasteiger partial charge < -0.3 is 0 Å². The van der Waals surface area contributed by atoms with Crippen molar-refractivity contribution in [3.8, 4) is 0 Å². The van der Waals surface area contributed by atoms with E-state index in [0.29, 0.717) is 5.56 Å². The maximum absolute atomic E-state index is 13.3. The molecular formula is C24H23ClN4O5S. The van der Waals surface area contributed by atoms with Gasteiger partial charge in [-0.3, -0.25) is 14.9 Å². The molecule has 11 heteroatoms. The number of sulfonamides is 1. The third kappa shape index (κ3) is 6.95. The second kappa shape index (κ2) is 11.2. The summed E-state index contributed by atoms with van der Waals surface area (Å²) in [5.74, 6) is -0.689. The van der Waals surface area contributed by atoms with Gasteiger partial charge in [-0.05, 0) is 37.6 Å². The Morgan fingerprint density at radius 3 is 2.26 bits per heavy atom. The largest absolute Gasteiger partial charge is 0.272 e. The quantitative estimate of drug-likeness (QED) is 0.260. The minimum Gasteiger partial charge on any atom is -0.272 e. The molecule has 0 saturated carbocycles. The monoisotopic (exact) mass is 514 g/mol. The molecule has 0 saturated heterocycles. The number of hydrazone groups is 1. The van der Waals surface area contributed by atoms with E-state index in [0.717, 1.165) is 21.6 Å². The molecule has 0 aliphatic heterocycles. The zero-order chi connectivity index (χ0) is 25.6. The molecule has 0 aromatic heterocycles. The molecule has 0 heterocycles. The van der Waals surface area contributed by atoms with Gasteiger partial charge in [0.1, 0.15) is 0 Å². The van der Waals surface area contributed by atoms with Crippen LogP contribution in [0.15, 0.2) is 76.7 Å². The SMILES string of the molecule is Cc1ccc(CN(CC(=O)N/N=C\c2cc([N+](=O)[O-])ccc2Cl)S(=O)(=O)c2ccc(C)cc2)cc1. The van der Waals surface area contributed by atoms with Gasteiger partial charge in [0.25, 0.3) is 11.6 Å². The predicted octanol–water partition coefficient (Wildman–Crippen LogP) is 4.21. The number of carbonyl (C=O) groups is 1. The van der Waals surface area contributed by atoms with E-state index >= 15 is 0 Å². The molecule has 182 valence electrons. The third-order valence-electron chi connectivity index (χ3n) is 5.04. The van der Waals surface area contributed by atoms with Crippen LogP contribution >= 0.6 is 11.6 Å². The van der Waals surface area contributed by atoms with Crippen molar-refractivity contribution >= 4 is 39.4 Å². The Morgan fingerprint density at radius 2 is 1.66 bits per heavy atom. The fraction of sp³-hybridized carbons (Fsp3) is 0.167. The Balaban J connectivity index is 1.80. The summed E-state index contributed by atoms with van der Waals surface area (Å²) < 4.78 is 27.7. The number of amides is 1. The Bertz CT molecular complexity index is 1360. The molecule has 0 spiro atoms. The summed E-state index contributed by atoms with van der Waals surface area (Å²) in [4.78, 5) is 23.0. The molecule has 0 fully saturated rings. The number of nitro groups is 1. The molecule has 1 amide bonds. The molecule has 9 nitrogen and oxygen atoms in total. The number of carbonyl (C=O) groups excluding carboxylic acids is 1. The summed E-state index contributed by atoms with van der Waals surface area (Å²) in [7, 11) is -4.00. The molecule has 35 heavy (non-hydrogen) atoms. The number of nitrogens with zero attached hydrogens (tertiary/aromatic N) is 3. The molecule has 0 aliphatic carbocycles. The van der Waals surface area contributed by atoms with E-state index in [2.05, 4.69) is 10.5 Å². The first-order valence-corrected chi connectivity index (χ1v) is 12.3. The van der Waals surface area contributed by atoms with Crippen LogP contribution in [0.5, 0.6) is 0 Å². The van der Waals surface area contributed by atoms with E-state index < -0.39 is 27.4 Å². The molecule has 0 radical (unpaired) electrons. The smallest absolute Gasteiger partial charge is 0.270 e. The molecule has 0 unspecified atom stereocenters. The molecule has 3 rings (SSSR count). The van der Waals surface area contributed by atoms with Crippen molar-refractivity contribution in [3.63, 3.8) is 0 Å². The second-order valence-corrected chi connectivity index (χ2v) is 10.2. The van der Waals surface area contributed by atoms with Crippen LogP contribution in [0.4, 0.5) is 5.69 Å². The van der Waals surface area contributed by atoms with Crippen molar-refractivity contribution in [2.45, 2.75) is 25.3 Å². The van der Waals surface area contributed by atoms with Crippen molar-refractivity contribution in [3.05, 3.63) is 104 Å². The van der Waals surface area contributed by atoms with Gasteiger partial charge in [0.15, 0.2) is 0 Å². The molecule has 0 bridgehead atoms. The van der Waals surface area contributed by atoms with Crippen LogP contribution in [0.25, 0.3) is 0 Å². The average molecular weight is 515 g/mol. The third-order valence-corrected chi connectivity index (χ3v) is 7.19. The van der Waals surface area contributed by atoms with Gasteiger partial charge in [0.05, 0.1) is 22.6 Å². The number of rotatable bonds is 9. The van der Waals surface area contributed by atoms with Gasteiger partial charge >= 0.3 is 0 Å². The van der Waals surface area contributed by atoms with Gasteiger partial charge in [-0.15, -0.1) is 0 Å². The Labute approximate surface area is 208 Å². The van der Waals surface area contributed by atoms with Crippen LogP contribution in [0.1, 0.15) is 22.3 Å². The lowest BCUT2D eigenvalue weighted by molar-refractivity contribution is -0.384. The Hall–Kier alpha value is -3.60. The molecule has 1 N–H and O–H groups in total. The highest BCUT2D eigenvalue weighted by molar-refractivity contribution is 7.89. The van der Waals surface area contributed by atoms with Gasteiger partial charge in [-0.25, -0.2) is 13.8 Å². The minimum absolute atomic E-state index is 0.0235. The number of nitrogens with one attached hydrogen (secondary N) is 1. The van der Waals surface area contributed by atoms with Gasteiger partial charge in [-0.1, -0.05) is 59.1 Å². The number of halogens is 1. The Morgan fingerprint density at radius 1 is 1.06 bits per heavy atom. The van der Waals surface area contributed by atoms with E-state index in [9.17, 15) is 23.3 Å². The van der Waals surface area contributed by atoms with Crippen molar-refractivity contribution < 1.29 is 18.1 Å². The topological polar surface area (TPSA) is 122 Å². The fourth-order valence-electron chi connectivity index (χ4n) is 3.10. The van der Waals surface area contributed by atoms with Gasteiger partial charge in [-0.2, -0.15) is 9.41 Å². The van der Waals surface area contributed by atoms with E-state index in [1.807, 2.05) is 26.0 Å². The number of aryl methyl sites for hydroxylation is 2. The van der Waals surface area contributed by atoms with Crippen molar-refractivity contribution in [1.29, 1.82) is 0 Å². The van der Waals surface area contributed by atoms with Crippen LogP contribution in [-0.2, 0) is 21.4 Å². The molecule has 3 aromatic carbocycles. The molecular weight excluding hydrogens is 492 g/mol. The predicted molar refractivity (Wildman–Crippen MR) is 134 cm³/mol. The number of benzene rings is 3. The highest BCUT2D eigenvalue weighted by Gasteiger charge is 2.27. The van der Waals surface area contributed by atoms with Gasteiger partial charge in [0, 0.05) is 29.3 Å². The summed E-state index contributed by atoms with van der Waals surface area (Å²) in [6.07, 6.45) is 1.16. The normalized spacial score (nSPS) is 11.7. The summed E-state index contributed by atoms with van der Waals surface area (Å²) in [6, 6.07) is 17.5. The standard InChI is InChI=1S/C24H23ClN4O5S/c1-17-3-7-19(8-4-17)15-28(35(33,34)22-10-5-18(2)6-11-22)16-24(30)27-26-14-20-13-21(29(31)32)9-12-23(20)25/h3-14H,15-16H2,1-2H3,(H,27,30)/b26-14-. The zero-order valence-corrected chi connectivity index (χ0v) is 20.6. The number of hydrogen-bond acceptors (Lipinski definition) is 6. The summed E-state index contributed by atoms with van der Waals surface area (Å²) in [5.41, 5.74) is 4.94. The second-order valence-electron chi connectivity index (χ2n) is 7.83.